The maximum atomic E-state index is 10.6. The molecule has 1 N–H and O–H groups in total. The molecule has 0 aromatic heterocycles. The highest BCUT2D eigenvalue weighted by atomic mass is 16.6. The van der Waals surface area contributed by atoms with E-state index in [2.05, 4.69) is 26.8 Å². The lowest BCUT2D eigenvalue weighted by molar-refractivity contribution is -0.0727. The Labute approximate surface area is 164 Å². The lowest BCUT2D eigenvalue weighted by Gasteiger charge is -2.31. The minimum absolute atomic E-state index is 0.0179. The highest BCUT2D eigenvalue weighted by molar-refractivity contribution is 5.17. The molecular weight excluding hydrogens is 344 g/mol. The average Bonchev–Trinajstić information content (AvgIpc) is 3.48. The summed E-state index contributed by atoms with van der Waals surface area (Å²) >= 11 is 0. The molecule has 0 aliphatic carbocycles. The van der Waals surface area contributed by atoms with E-state index >= 15 is 0 Å². The Morgan fingerprint density at radius 3 is 2.63 bits per heavy atom. The fraction of sp³-hybridized carbons (Fsp3) is 0.818. The summed E-state index contributed by atoms with van der Waals surface area (Å²) in [4.78, 5) is 0. The van der Waals surface area contributed by atoms with E-state index in [0.29, 0.717) is 0 Å². The predicted molar refractivity (Wildman–Crippen MR) is 107 cm³/mol. The third-order valence-corrected chi connectivity index (χ3v) is 6.04. The van der Waals surface area contributed by atoms with E-state index in [9.17, 15) is 5.11 Å². The van der Waals surface area contributed by atoms with Crippen LogP contribution in [0.15, 0.2) is 23.8 Å². The molecule has 5 nitrogen and oxygen atoms in total. The van der Waals surface area contributed by atoms with Gasteiger partial charge in [-0.3, -0.25) is 0 Å². The topological polar surface area (TPSA) is 60.5 Å². The highest BCUT2D eigenvalue weighted by Gasteiger charge is 2.50. The first kappa shape index (κ1) is 22.6. The van der Waals surface area contributed by atoms with Crippen molar-refractivity contribution in [1.82, 2.24) is 0 Å². The molecule has 27 heavy (non-hydrogen) atoms. The Balaban J connectivity index is 1.86. The van der Waals surface area contributed by atoms with E-state index in [1.807, 2.05) is 19.1 Å². The zero-order chi connectivity index (χ0) is 20.0. The van der Waals surface area contributed by atoms with Gasteiger partial charge in [0.25, 0.3) is 0 Å². The van der Waals surface area contributed by atoms with Gasteiger partial charge in [-0.05, 0) is 31.8 Å². The van der Waals surface area contributed by atoms with E-state index in [0.717, 1.165) is 31.4 Å². The molecule has 0 radical (unpaired) electrons. The van der Waals surface area contributed by atoms with Gasteiger partial charge in [-0.15, -0.1) is 0 Å². The van der Waals surface area contributed by atoms with Gasteiger partial charge in [0.15, 0.2) is 0 Å². The summed E-state index contributed by atoms with van der Waals surface area (Å²) in [5.41, 5.74) is 1.15. The summed E-state index contributed by atoms with van der Waals surface area (Å²) in [7, 11) is 3.48. The molecule has 0 saturated carbocycles. The van der Waals surface area contributed by atoms with Crippen molar-refractivity contribution < 1.29 is 24.1 Å². The van der Waals surface area contributed by atoms with Crippen LogP contribution < -0.4 is 0 Å². The van der Waals surface area contributed by atoms with Crippen molar-refractivity contribution in [3.8, 4) is 0 Å². The van der Waals surface area contributed by atoms with Crippen molar-refractivity contribution in [2.45, 2.75) is 83.6 Å². The zero-order valence-electron chi connectivity index (χ0n) is 17.8. The molecule has 8 atom stereocenters. The minimum atomic E-state index is -0.505. The van der Waals surface area contributed by atoms with Crippen LogP contribution in [-0.4, -0.2) is 62.6 Å². The number of aliphatic hydroxyl groups excluding tert-OH is 1. The average molecular weight is 383 g/mol. The summed E-state index contributed by atoms with van der Waals surface area (Å²) in [5.74, 6) is 0.303. The summed E-state index contributed by atoms with van der Waals surface area (Å²) < 4.78 is 22.7. The quantitative estimate of drug-likeness (QED) is 0.463. The lowest BCUT2D eigenvalue weighted by atomic mass is 9.91. The van der Waals surface area contributed by atoms with Gasteiger partial charge < -0.3 is 24.1 Å². The van der Waals surface area contributed by atoms with Gasteiger partial charge >= 0.3 is 0 Å². The summed E-state index contributed by atoms with van der Waals surface area (Å²) in [5, 5.41) is 10.6. The van der Waals surface area contributed by atoms with Crippen LogP contribution in [0, 0.1) is 11.8 Å². The second-order valence-corrected chi connectivity index (χ2v) is 7.96. The standard InChI is InChI=1S/C22H38O5/c1-7-17(24-5)16(4)21-22(27-21)19(23)14(2)10-8-11-15(3)20-18(25-6)12-9-13-26-20/h8,10-11,14,16-23H,7,9,12-13H2,1-6H3/b10-8+,15-11+. The van der Waals surface area contributed by atoms with Crippen molar-refractivity contribution in [3.63, 3.8) is 0 Å². The number of ether oxygens (including phenoxy) is 4. The van der Waals surface area contributed by atoms with Gasteiger partial charge in [0.1, 0.15) is 12.2 Å². The number of allylic oxidation sites excluding steroid dienone is 2. The first-order chi connectivity index (χ1) is 12.9. The van der Waals surface area contributed by atoms with Gasteiger partial charge in [-0.25, -0.2) is 0 Å². The highest BCUT2D eigenvalue weighted by Crippen LogP contribution is 2.37. The molecule has 2 fully saturated rings. The SMILES string of the molecule is CCC(OC)C(C)C1OC1C(O)C(C)/C=C/C=C(\C)C1OCCCC1OC. The molecule has 2 heterocycles. The number of epoxide rings is 1. The predicted octanol–water partition coefficient (Wildman–Crippen LogP) is 3.51. The molecule has 2 saturated heterocycles. The first-order valence-electron chi connectivity index (χ1n) is 10.3. The fourth-order valence-corrected chi connectivity index (χ4v) is 4.11. The monoisotopic (exact) mass is 382 g/mol. The van der Waals surface area contributed by atoms with Crippen LogP contribution in [0.3, 0.4) is 0 Å². The zero-order valence-corrected chi connectivity index (χ0v) is 17.8. The van der Waals surface area contributed by atoms with Gasteiger partial charge in [0.05, 0.1) is 24.4 Å². The smallest absolute Gasteiger partial charge is 0.111 e. The van der Waals surface area contributed by atoms with E-state index in [1.165, 1.54) is 0 Å². The van der Waals surface area contributed by atoms with Crippen LogP contribution in [0.5, 0.6) is 0 Å². The molecule has 0 bridgehead atoms. The molecule has 0 aromatic carbocycles. The third kappa shape index (κ3) is 5.88. The summed E-state index contributed by atoms with van der Waals surface area (Å²) in [6.45, 7) is 9.13. The van der Waals surface area contributed by atoms with Crippen molar-refractivity contribution in [3.05, 3.63) is 23.8 Å². The molecule has 0 aromatic rings. The summed E-state index contributed by atoms with van der Waals surface area (Å²) in [6, 6.07) is 0. The van der Waals surface area contributed by atoms with Crippen LogP contribution in [0.1, 0.15) is 47.0 Å². The van der Waals surface area contributed by atoms with Gasteiger partial charge in [-0.1, -0.05) is 39.0 Å². The number of methoxy groups -OCH3 is 2. The molecular formula is C22H38O5. The van der Waals surface area contributed by atoms with E-state index < -0.39 is 6.10 Å². The van der Waals surface area contributed by atoms with Crippen molar-refractivity contribution in [2.24, 2.45) is 11.8 Å². The van der Waals surface area contributed by atoms with Crippen LogP contribution in [0.2, 0.25) is 0 Å². The van der Waals surface area contributed by atoms with Crippen molar-refractivity contribution in [1.29, 1.82) is 0 Å². The lowest BCUT2D eigenvalue weighted by Crippen LogP contribution is -2.36. The molecule has 2 aliphatic rings. The van der Waals surface area contributed by atoms with E-state index in [-0.39, 0.29) is 42.4 Å². The first-order valence-corrected chi connectivity index (χ1v) is 10.3. The van der Waals surface area contributed by atoms with Crippen LogP contribution in [0.25, 0.3) is 0 Å². The molecule has 5 heteroatoms. The van der Waals surface area contributed by atoms with E-state index in [1.54, 1.807) is 14.2 Å². The van der Waals surface area contributed by atoms with E-state index in [4.69, 9.17) is 18.9 Å². The third-order valence-electron chi connectivity index (χ3n) is 6.04. The minimum Gasteiger partial charge on any atom is -0.390 e. The Morgan fingerprint density at radius 1 is 1.26 bits per heavy atom. The molecule has 2 aliphatic heterocycles. The Hall–Kier alpha value is -0.720. The molecule has 8 unspecified atom stereocenters. The maximum absolute atomic E-state index is 10.6. The normalized spacial score (nSPS) is 33.7. The van der Waals surface area contributed by atoms with Gasteiger partial charge in [0, 0.05) is 32.7 Å². The van der Waals surface area contributed by atoms with Gasteiger partial charge in [0.2, 0.25) is 0 Å². The Bertz CT molecular complexity index is 499. The molecule has 156 valence electrons. The maximum Gasteiger partial charge on any atom is 0.111 e. The Morgan fingerprint density at radius 2 is 2.00 bits per heavy atom. The largest absolute Gasteiger partial charge is 0.390 e. The number of aliphatic hydroxyl groups is 1. The number of rotatable bonds is 10. The number of hydrogen-bond donors (Lipinski definition) is 1. The fourth-order valence-electron chi connectivity index (χ4n) is 4.11. The second kappa shape index (κ2) is 10.7. The Kier molecular flexibility index (Phi) is 8.96. The summed E-state index contributed by atoms with van der Waals surface area (Å²) in [6.07, 6.45) is 8.93. The van der Waals surface area contributed by atoms with Crippen LogP contribution >= 0.6 is 0 Å². The van der Waals surface area contributed by atoms with Gasteiger partial charge in [-0.2, -0.15) is 0 Å². The van der Waals surface area contributed by atoms with Crippen LogP contribution in [-0.2, 0) is 18.9 Å². The number of hydrogen-bond acceptors (Lipinski definition) is 5. The molecule has 2 rings (SSSR count). The van der Waals surface area contributed by atoms with Crippen LogP contribution in [0.4, 0.5) is 0 Å². The molecule has 0 spiro atoms. The molecule has 0 amide bonds. The van der Waals surface area contributed by atoms with Crippen molar-refractivity contribution in [2.75, 3.05) is 20.8 Å². The van der Waals surface area contributed by atoms with Crippen molar-refractivity contribution >= 4 is 0 Å². The second-order valence-electron chi connectivity index (χ2n) is 7.96.